The lowest BCUT2D eigenvalue weighted by molar-refractivity contribution is -0.288. The molecule has 1 heterocycles. The summed E-state index contributed by atoms with van der Waals surface area (Å²) in [6.45, 7) is 5.21. The second kappa shape index (κ2) is 14.2. The number of carbonyl (C=O) groups excluding carboxylic acids is 6. The summed E-state index contributed by atoms with van der Waals surface area (Å²) in [6, 6.07) is 12.2. The van der Waals surface area contributed by atoms with Gasteiger partial charge in [0.15, 0.2) is 18.0 Å². The maximum Gasteiger partial charge on any atom is 0.343 e. The van der Waals surface area contributed by atoms with Crippen molar-refractivity contribution >= 4 is 35.6 Å². The number of benzene rings is 2. The molecule has 2 aromatic rings. The summed E-state index contributed by atoms with van der Waals surface area (Å²) in [5.74, 6) is -4.36. The minimum absolute atomic E-state index is 0.00878. The standard InChI is InChI=1S/C29H30O13/c1-15(30)22-12-11-21(40-28(35)20-9-7-6-8-10-20)13-23(22)41-29-27(39-19(5)34)26(38-18(4)33)25(37-17(3)32)24(42-29)14-36-16(2)31/h6-13,24-27,29H,14H2,1-5H3/t24?,25-,26+,27-,29+/m1/s1. The van der Waals surface area contributed by atoms with Gasteiger partial charge in [-0.05, 0) is 31.2 Å². The van der Waals surface area contributed by atoms with Gasteiger partial charge in [0.2, 0.25) is 12.4 Å². The summed E-state index contributed by atoms with van der Waals surface area (Å²) in [7, 11) is 0. The van der Waals surface area contributed by atoms with E-state index in [0.717, 1.165) is 27.7 Å². The Kier molecular flexibility index (Phi) is 10.7. The highest BCUT2D eigenvalue weighted by molar-refractivity contribution is 5.97. The van der Waals surface area contributed by atoms with Crippen molar-refractivity contribution < 1.29 is 61.9 Å². The van der Waals surface area contributed by atoms with E-state index in [0.29, 0.717) is 0 Å². The highest BCUT2D eigenvalue weighted by atomic mass is 16.7. The first kappa shape index (κ1) is 31.7. The van der Waals surface area contributed by atoms with Crippen molar-refractivity contribution in [2.24, 2.45) is 0 Å². The zero-order valence-electron chi connectivity index (χ0n) is 23.5. The Bertz CT molecular complexity index is 1340. The molecule has 1 fully saturated rings. The lowest BCUT2D eigenvalue weighted by Gasteiger charge is -2.44. The van der Waals surface area contributed by atoms with Crippen LogP contribution in [-0.4, -0.2) is 72.9 Å². The monoisotopic (exact) mass is 586 g/mol. The van der Waals surface area contributed by atoms with E-state index in [1.807, 2.05) is 0 Å². The maximum absolute atomic E-state index is 12.6. The molecule has 0 bridgehead atoms. The molecule has 42 heavy (non-hydrogen) atoms. The van der Waals surface area contributed by atoms with Crippen LogP contribution in [0, 0.1) is 0 Å². The van der Waals surface area contributed by atoms with Crippen molar-refractivity contribution in [1.82, 2.24) is 0 Å². The average Bonchev–Trinajstić information content (AvgIpc) is 2.90. The molecule has 0 amide bonds. The fraction of sp³-hybridized carbons (Fsp3) is 0.379. The molecule has 0 aliphatic carbocycles. The van der Waals surface area contributed by atoms with Gasteiger partial charge in [0, 0.05) is 33.8 Å². The van der Waals surface area contributed by atoms with Crippen LogP contribution in [0.15, 0.2) is 48.5 Å². The van der Waals surface area contributed by atoms with E-state index >= 15 is 0 Å². The smallest absolute Gasteiger partial charge is 0.343 e. The average molecular weight is 587 g/mol. The van der Waals surface area contributed by atoms with E-state index < -0.39 is 72.9 Å². The molecule has 1 aliphatic heterocycles. The summed E-state index contributed by atoms with van der Waals surface area (Å²) in [6.07, 6.45) is -7.25. The van der Waals surface area contributed by atoms with Crippen molar-refractivity contribution in [2.45, 2.75) is 65.3 Å². The van der Waals surface area contributed by atoms with Crippen LogP contribution in [-0.2, 0) is 42.9 Å². The Labute approximate surface area is 240 Å². The van der Waals surface area contributed by atoms with Crippen LogP contribution in [0.5, 0.6) is 11.5 Å². The summed E-state index contributed by atoms with van der Waals surface area (Å²) in [5.41, 5.74) is 0.317. The Hall–Kier alpha value is -4.78. The van der Waals surface area contributed by atoms with Crippen molar-refractivity contribution in [3.63, 3.8) is 0 Å². The molecule has 0 saturated carbocycles. The second-order valence-corrected chi connectivity index (χ2v) is 9.16. The van der Waals surface area contributed by atoms with Crippen LogP contribution in [0.4, 0.5) is 0 Å². The van der Waals surface area contributed by atoms with E-state index in [2.05, 4.69) is 0 Å². The summed E-state index contributed by atoms with van der Waals surface area (Å²) >= 11 is 0. The topological polar surface area (TPSA) is 167 Å². The normalized spacial score (nSPS) is 21.3. The van der Waals surface area contributed by atoms with Gasteiger partial charge in [-0.3, -0.25) is 24.0 Å². The molecular weight excluding hydrogens is 556 g/mol. The van der Waals surface area contributed by atoms with E-state index in [1.54, 1.807) is 30.3 Å². The van der Waals surface area contributed by atoms with Gasteiger partial charge in [0.1, 0.15) is 24.2 Å². The number of hydrogen-bond acceptors (Lipinski definition) is 13. The number of carbonyl (C=O) groups is 6. The SMILES string of the molecule is CC(=O)OCC1O[C@H](Oc2cc(OC(=O)c3ccccc3)ccc2C(C)=O)[C@H](OC(C)=O)[C@@H](OC(C)=O)[C@@H]1OC(C)=O. The van der Waals surface area contributed by atoms with Crippen LogP contribution >= 0.6 is 0 Å². The molecule has 5 atom stereocenters. The predicted molar refractivity (Wildman–Crippen MR) is 140 cm³/mol. The van der Waals surface area contributed by atoms with Crippen LogP contribution in [0.25, 0.3) is 0 Å². The van der Waals surface area contributed by atoms with Gasteiger partial charge in [0.25, 0.3) is 0 Å². The number of ether oxygens (including phenoxy) is 7. The number of ketones is 1. The van der Waals surface area contributed by atoms with Crippen LogP contribution in [0.1, 0.15) is 55.3 Å². The van der Waals surface area contributed by atoms with Gasteiger partial charge in [0.05, 0.1) is 11.1 Å². The molecule has 1 unspecified atom stereocenters. The molecule has 0 spiro atoms. The molecule has 2 aromatic carbocycles. The quantitative estimate of drug-likeness (QED) is 0.173. The first-order valence-electron chi connectivity index (χ1n) is 12.7. The van der Waals surface area contributed by atoms with Crippen LogP contribution in [0.3, 0.4) is 0 Å². The lowest BCUT2D eigenvalue weighted by Crippen LogP contribution is -2.63. The van der Waals surface area contributed by atoms with Crippen molar-refractivity contribution in [2.75, 3.05) is 6.61 Å². The molecule has 0 radical (unpaired) electrons. The Morgan fingerprint density at radius 3 is 1.88 bits per heavy atom. The highest BCUT2D eigenvalue weighted by Crippen LogP contribution is 2.34. The highest BCUT2D eigenvalue weighted by Gasteiger charge is 2.53. The second-order valence-electron chi connectivity index (χ2n) is 9.16. The van der Waals surface area contributed by atoms with Gasteiger partial charge in [-0.25, -0.2) is 4.79 Å². The molecule has 13 nitrogen and oxygen atoms in total. The number of hydrogen-bond donors (Lipinski definition) is 0. The van der Waals surface area contributed by atoms with Gasteiger partial charge in [-0.2, -0.15) is 0 Å². The van der Waals surface area contributed by atoms with Crippen molar-refractivity contribution in [3.05, 3.63) is 59.7 Å². The van der Waals surface area contributed by atoms with Gasteiger partial charge < -0.3 is 33.2 Å². The zero-order valence-corrected chi connectivity index (χ0v) is 23.5. The summed E-state index contributed by atoms with van der Waals surface area (Å²) < 4.78 is 38.6. The molecule has 1 aliphatic rings. The van der Waals surface area contributed by atoms with E-state index in [1.165, 1.54) is 25.1 Å². The summed E-state index contributed by atoms with van der Waals surface area (Å²) in [5, 5.41) is 0. The minimum Gasteiger partial charge on any atom is -0.463 e. The molecule has 13 heteroatoms. The molecule has 3 rings (SSSR count). The van der Waals surface area contributed by atoms with Gasteiger partial charge in [-0.15, -0.1) is 0 Å². The molecular formula is C29H30O13. The van der Waals surface area contributed by atoms with Crippen LogP contribution < -0.4 is 9.47 Å². The Morgan fingerprint density at radius 1 is 0.714 bits per heavy atom. The molecule has 1 saturated heterocycles. The predicted octanol–water partition coefficient (Wildman–Crippen LogP) is 2.57. The number of esters is 5. The zero-order chi connectivity index (χ0) is 31.0. The van der Waals surface area contributed by atoms with E-state index in [9.17, 15) is 28.8 Å². The third-order valence-corrected chi connectivity index (χ3v) is 5.74. The first-order valence-corrected chi connectivity index (χ1v) is 12.7. The molecule has 0 N–H and O–H groups in total. The van der Waals surface area contributed by atoms with Gasteiger partial charge >= 0.3 is 29.8 Å². The number of rotatable bonds is 10. The van der Waals surface area contributed by atoms with Crippen molar-refractivity contribution in [3.8, 4) is 11.5 Å². The number of Topliss-reactive ketones (excluding diaryl/α,β-unsaturated/α-hetero) is 1. The Morgan fingerprint density at radius 2 is 1.31 bits per heavy atom. The maximum atomic E-state index is 12.6. The summed E-state index contributed by atoms with van der Waals surface area (Å²) in [4.78, 5) is 72.7. The lowest BCUT2D eigenvalue weighted by atomic mass is 9.98. The largest absolute Gasteiger partial charge is 0.463 e. The fourth-order valence-corrected chi connectivity index (χ4v) is 4.10. The third kappa shape index (κ3) is 8.61. The van der Waals surface area contributed by atoms with Crippen LogP contribution in [0.2, 0.25) is 0 Å². The minimum atomic E-state index is -1.59. The first-order chi connectivity index (χ1) is 19.8. The fourth-order valence-electron chi connectivity index (χ4n) is 4.10. The van der Waals surface area contributed by atoms with E-state index in [4.69, 9.17) is 33.2 Å². The molecule has 0 aromatic heterocycles. The van der Waals surface area contributed by atoms with Gasteiger partial charge in [-0.1, -0.05) is 18.2 Å². The molecule has 224 valence electrons. The van der Waals surface area contributed by atoms with E-state index in [-0.39, 0.29) is 22.6 Å². The van der Waals surface area contributed by atoms with Crippen molar-refractivity contribution in [1.29, 1.82) is 0 Å². The third-order valence-electron chi connectivity index (χ3n) is 5.74. The Balaban J connectivity index is 2.03.